The summed E-state index contributed by atoms with van der Waals surface area (Å²) in [6, 6.07) is 17.8. The zero-order valence-corrected chi connectivity index (χ0v) is 15.4. The Bertz CT molecular complexity index is 668. The minimum Gasteiger partial charge on any atom is -0.385 e. The number of rotatable bonds is 6. The van der Waals surface area contributed by atoms with Gasteiger partial charge >= 0.3 is 0 Å². The molecule has 0 fully saturated rings. The van der Waals surface area contributed by atoms with Gasteiger partial charge in [0, 0.05) is 12.0 Å². The van der Waals surface area contributed by atoms with E-state index in [1.54, 1.807) is 0 Å². The van der Waals surface area contributed by atoms with Crippen LogP contribution in [0.3, 0.4) is 0 Å². The van der Waals surface area contributed by atoms with E-state index in [1.165, 1.54) is 47.9 Å². The summed E-state index contributed by atoms with van der Waals surface area (Å²) in [6.45, 7) is 1.12. The fourth-order valence-electron chi connectivity index (χ4n) is 4.54. The molecule has 2 aliphatic carbocycles. The summed E-state index contributed by atoms with van der Waals surface area (Å²) in [5, 5.41) is 12.8. The van der Waals surface area contributed by atoms with Crippen LogP contribution in [0.2, 0.25) is 0 Å². The summed E-state index contributed by atoms with van der Waals surface area (Å²) in [5.41, 5.74) is 5.65. The molecule has 0 aliphatic heterocycles. The third-order valence-corrected chi connectivity index (χ3v) is 5.91. The average molecular weight is 352 g/mol. The van der Waals surface area contributed by atoms with E-state index in [-0.39, 0.29) is 6.10 Å². The SMILES string of the molecule is O[C@H](C[NH2+][C@@H]1CCCc2ccccc21)CO[C@@H]1CCCc2ccccc21. The van der Waals surface area contributed by atoms with Crippen molar-refractivity contribution in [2.45, 2.75) is 56.8 Å². The van der Waals surface area contributed by atoms with Gasteiger partial charge < -0.3 is 15.2 Å². The minimum absolute atomic E-state index is 0.144. The van der Waals surface area contributed by atoms with Gasteiger partial charge in [0.25, 0.3) is 0 Å². The third-order valence-electron chi connectivity index (χ3n) is 5.91. The lowest BCUT2D eigenvalue weighted by Gasteiger charge is -2.27. The molecule has 0 spiro atoms. The molecule has 3 atom stereocenters. The van der Waals surface area contributed by atoms with Gasteiger partial charge in [-0.2, -0.15) is 0 Å². The normalized spacial score (nSPS) is 23.1. The van der Waals surface area contributed by atoms with Crippen LogP contribution in [0.15, 0.2) is 48.5 Å². The molecule has 3 heteroatoms. The van der Waals surface area contributed by atoms with Crippen LogP contribution in [0.4, 0.5) is 0 Å². The second kappa shape index (κ2) is 8.34. The van der Waals surface area contributed by atoms with Gasteiger partial charge in [-0.15, -0.1) is 0 Å². The minimum atomic E-state index is -0.418. The van der Waals surface area contributed by atoms with Crippen LogP contribution in [-0.4, -0.2) is 24.4 Å². The highest BCUT2D eigenvalue weighted by molar-refractivity contribution is 5.31. The lowest BCUT2D eigenvalue weighted by Crippen LogP contribution is -2.87. The van der Waals surface area contributed by atoms with Crippen molar-refractivity contribution in [3.63, 3.8) is 0 Å². The Hall–Kier alpha value is -1.68. The Morgan fingerprint density at radius 2 is 1.58 bits per heavy atom. The molecule has 0 amide bonds. The van der Waals surface area contributed by atoms with E-state index in [4.69, 9.17) is 4.74 Å². The first-order valence-electron chi connectivity index (χ1n) is 10.1. The second-order valence-corrected chi connectivity index (χ2v) is 7.74. The molecule has 0 aromatic heterocycles. The summed E-state index contributed by atoms with van der Waals surface area (Å²) in [7, 11) is 0. The summed E-state index contributed by atoms with van der Waals surface area (Å²) >= 11 is 0. The van der Waals surface area contributed by atoms with Crippen molar-refractivity contribution in [3.8, 4) is 0 Å². The van der Waals surface area contributed by atoms with Gasteiger partial charge in [0.15, 0.2) is 0 Å². The molecular weight excluding hydrogens is 322 g/mol. The van der Waals surface area contributed by atoms with Crippen molar-refractivity contribution in [2.24, 2.45) is 0 Å². The highest BCUT2D eigenvalue weighted by atomic mass is 16.5. The largest absolute Gasteiger partial charge is 0.385 e. The number of fused-ring (bicyclic) bond motifs is 2. The molecule has 0 bridgehead atoms. The molecule has 0 unspecified atom stereocenters. The molecular formula is C23H30NO2+. The highest BCUT2D eigenvalue weighted by Crippen LogP contribution is 2.32. The Morgan fingerprint density at radius 1 is 0.923 bits per heavy atom. The van der Waals surface area contributed by atoms with E-state index in [0.29, 0.717) is 19.2 Å². The van der Waals surface area contributed by atoms with Gasteiger partial charge in [-0.1, -0.05) is 48.5 Å². The number of benzene rings is 2. The number of quaternary nitrogens is 1. The van der Waals surface area contributed by atoms with Gasteiger partial charge in [-0.3, -0.25) is 0 Å². The van der Waals surface area contributed by atoms with E-state index >= 15 is 0 Å². The van der Waals surface area contributed by atoms with Gasteiger partial charge in [-0.05, 0) is 48.8 Å². The predicted molar refractivity (Wildman–Crippen MR) is 103 cm³/mol. The van der Waals surface area contributed by atoms with Gasteiger partial charge in [-0.25, -0.2) is 0 Å². The molecule has 138 valence electrons. The van der Waals surface area contributed by atoms with Crippen LogP contribution in [0.25, 0.3) is 0 Å². The summed E-state index contributed by atoms with van der Waals surface area (Å²) in [5.74, 6) is 0. The summed E-state index contributed by atoms with van der Waals surface area (Å²) < 4.78 is 6.11. The van der Waals surface area contributed by atoms with E-state index in [0.717, 1.165) is 12.8 Å². The molecule has 0 saturated carbocycles. The number of aryl methyl sites for hydroxylation is 2. The summed E-state index contributed by atoms with van der Waals surface area (Å²) in [6.07, 6.45) is 6.72. The summed E-state index contributed by atoms with van der Waals surface area (Å²) in [4.78, 5) is 0. The number of ether oxygens (including phenoxy) is 1. The lowest BCUT2D eigenvalue weighted by molar-refractivity contribution is -0.703. The third kappa shape index (κ3) is 4.01. The van der Waals surface area contributed by atoms with Crippen LogP contribution in [-0.2, 0) is 17.6 Å². The average Bonchev–Trinajstić information content (AvgIpc) is 2.70. The number of aliphatic hydroxyl groups is 1. The number of hydrogen-bond donors (Lipinski definition) is 2. The van der Waals surface area contributed by atoms with Crippen molar-refractivity contribution >= 4 is 0 Å². The van der Waals surface area contributed by atoms with E-state index in [2.05, 4.69) is 53.8 Å². The standard InChI is InChI=1S/C23H29NO2/c25-19(15-24-22-13-5-9-17-7-1-3-11-20(17)22)16-26-23-14-6-10-18-8-2-4-12-21(18)23/h1-4,7-8,11-12,19,22-25H,5-6,9-10,13-16H2/p+1/t19-,22-,23-/m1/s1. The van der Waals surface area contributed by atoms with Crippen LogP contribution in [0.5, 0.6) is 0 Å². The Labute approximate surface area is 156 Å². The van der Waals surface area contributed by atoms with E-state index in [1.807, 2.05) is 0 Å². The van der Waals surface area contributed by atoms with Crippen molar-refractivity contribution in [2.75, 3.05) is 13.2 Å². The van der Waals surface area contributed by atoms with Crippen molar-refractivity contribution in [3.05, 3.63) is 70.8 Å². The molecule has 0 saturated heterocycles. The zero-order chi connectivity index (χ0) is 17.8. The molecule has 2 aromatic rings. The molecule has 2 aromatic carbocycles. The molecule has 3 N–H and O–H groups in total. The van der Waals surface area contributed by atoms with Crippen LogP contribution < -0.4 is 5.32 Å². The van der Waals surface area contributed by atoms with Gasteiger partial charge in [0.2, 0.25) is 0 Å². The number of aliphatic hydroxyl groups excluding tert-OH is 1. The molecule has 26 heavy (non-hydrogen) atoms. The Morgan fingerprint density at radius 3 is 2.38 bits per heavy atom. The van der Waals surface area contributed by atoms with E-state index in [9.17, 15) is 5.11 Å². The van der Waals surface area contributed by atoms with Crippen molar-refractivity contribution in [1.29, 1.82) is 0 Å². The zero-order valence-electron chi connectivity index (χ0n) is 15.4. The maximum absolute atomic E-state index is 10.5. The topological polar surface area (TPSA) is 46.1 Å². The fourth-order valence-corrected chi connectivity index (χ4v) is 4.54. The first-order chi connectivity index (χ1) is 12.8. The van der Waals surface area contributed by atoms with Crippen molar-refractivity contribution in [1.82, 2.24) is 0 Å². The number of hydrogen-bond acceptors (Lipinski definition) is 2. The molecule has 0 radical (unpaired) electrons. The quantitative estimate of drug-likeness (QED) is 0.839. The molecule has 2 aliphatic rings. The maximum Gasteiger partial charge on any atom is 0.126 e. The maximum atomic E-state index is 10.5. The fraction of sp³-hybridized carbons (Fsp3) is 0.478. The molecule has 4 rings (SSSR count). The Kier molecular flexibility index (Phi) is 5.68. The Balaban J connectivity index is 1.29. The first kappa shape index (κ1) is 17.7. The van der Waals surface area contributed by atoms with Gasteiger partial charge in [0.05, 0.1) is 12.7 Å². The molecule has 0 heterocycles. The second-order valence-electron chi connectivity index (χ2n) is 7.74. The predicted octanol–water partition coefficient (Wildman–Crippen LogP) is 3.08. The van der Waals surface area contributed by atoms with Gasteiger partial charge in [0.1, 0.15) is 18.7 Å². The number of nitrogens with two attached hydrogens (primary N) is 1. The van der Waals surface area contributed by atoms with Crippen LogP contribution in [0.1, 0.15) is 60.1 Å². The molecule has 3 nitrogen and oxygen atoms in total. The van der Waals surface area contributed by atoms with E-state index < -0.39 is 6.10 Å². The first-order valence-corrected chi connectivity index (χ1v) is 10.1. The van der Waals surface area contributed by atoms with Crippen LogP contribution in [0, 0.1) is 0 Å². The van der Waals surface area contributed by atoms with Crippen LogP contribution >= 0.6 is 0 Å². The lowest BCUT2D eigenvalue weighted by atomic mass is 9.88. The smallest absolute Gasteiger partial charge is 0.126 e. The van der Waals surface area contributed by atoms with Crippen molar-refractivity contribution < 1.29 is 15.2 Å². The highest BCUT2D eigenvalue weighted by Gasteiger charge is 2.25. The monoisotopic (exact) mass is 352 g/mol.